The van der Waals surface area contributed by atoms with E-state index in [1.165, 1.54) is 4.90 Å². The summed E-state index contributed by atoms with van der Waals surface area (Å²) in [5.41, 5.74) is 4.56. The van der Waals surface area contributed by atoms with Crippen molar-refractivity contribution in [2.75, 3.05) is 19.8 Å². The van der Waals surface area contributed by atoms with Gasteiger partial charge in [-0.1, -0.05) is 42.5 Å². The van der Waals surface area contributed by atoms with Crippen molar-refractivity contribution in [2.24, 2.45) is 5.92 Å². The number of carbonyl (C=O) groups excluding carboxylic acids is 3. The van der Waals surface area contributed by atoms with Crippen molar-refractivity contribution in [2.45, 2.75) is 46.1 Å². The van der Waals surface area contributed by atoms with Crippen LogP contribution in [0.1, 0.15) is 50.3 Å². The minimum absolute atomic E-state index is 0.171. The van der Waals surface area contributed by atoms with E-state index in [-0.39, 0.29) is 31.2 Å². The average molecular weight is 477 g/mol. The minimum atomic E-state index is -0.745. The van der Waals surface area contributed by atoms with Gasteiger partial charge in [0.2, 0.25) is 0 Å². The SMILES string of the molecule is CCOC(=O)CC1=C(C(=O)OCC)C(c2cccc(-c3ccccc3C)c2)NC(=O)N1CC1CC1. The number of aryl methyl sites for hydroxylation is 1. The number of rotatable bonds is 9. The molecule has 1 aliphatic heterocycles. The van der Waals surface area contributed by atoms with E-state index in [1.807, 2.05) is 55.5 Å². The number of hydrogen-bond donors (Lipinski definition) is 1. The third-order valence-electron chi connectivity index (χ3n) is 6.36. The van der Waals surface area contributed by atoms with Crippen molar-refractivity contribution in [3.8, 4) is 11.1 Å². The topological polar surface area (TPSA) is 84.9 Å². The quantitative estimate of drug-likeness (QED) is 0.520. The molecule has 1 heterocycles. The molecule has 4 rings (SSSR count). The van der Waals surface area contributed by atoms with Crippen LogP contribution in [0.5, 0.6) is 0 Å². The molecule has 184 valence electrons. The van der Waals surface area contributed by atoms with Crippen LogP contribution in [0, 0.1) is 12.8 Å². The molecule has 35 heavy (non-hydrogen) atoms. The molecule has 1 fully saturated rings. The molecule has 1 aliphatic carbocycles. The molecule has 0 aromatic heterocycles. The molecule has 1 N–H and O–H groups in total. The highest BCUT2D eigenvalue weighted by molar-refractivity contribution is 5.96. The van der Waals surface area contributed by atoms with Crippen LogP contribution in [0.4, 0.5) is 4.79 Å². The number of esters is 2. The smallest absolute Gasteiger partial charge is 0.338 e. The molecule has 0 spiro atoms. The minimum Gasteiger partial charge on any atom is -0.466 e. The van der Waals surface area contributed by atoms with Gasteiger partial charge in [-0.05, 0) is 67.9 Å². The highest BCUT2D eigenvalue weighted by atomic mass is 16.5. The number of nitrogens with one attached hydrogen (secondary N) is 1. The molecule has 2 aromatic rings. The lowest BCUT2D eigenvalue weighted by Crippen LogP contribution is -2.49. The van der Waals surface area contributed by atoms with E-state index in [2.05, 4.69) is 5.32 Å². The van der Waals surface area contributed by atoms with Gasteiger partial charge in [-0.15, -0.1) is 0 Å². The van der Waals surface area contributed by atoms with Crippen LogP contribution in [0.2, 0.25) is 0 Å². The lowest BCUT2D eigenvalue weighted by atomic mass is 9.90. The number of benzene rings is 2. The molecule has 1 saturated carbocycles. The van der Waals surface area contributed by atoms with Gasteiger partial charge in [-0.3, -0.25) is 9.69 Å². The second-order valence-corrected chi connectivity index (χ2v) is 8.94. The average Bonchev–Trinajstić information content (AvgIpc) is 3.66. The Hall–Kier alpha value is -3.61. The van der Waals surface area contributed by atoms with Gasteiger partial charge < -0.3 is 14.8 Å². The van der Waals surface area contributed by atoms with Gasteiger partial charge in [0.15, 0.2) is 0 Å². The summed E-state index contributed by atoms with van der Waals surface area (Å²) < 4.78 is 10.6. The molecule has 2 aromatic carbocycles. The molecule has 2 aliphatic rings. The number of hydrogen-bond acceptors (Lipinski definition) is 5. The Labute approximate surface area is 206 Å². The van der Waals surface area contributed by atoms with Crippen molar-refractivity contribution < 1.29 is 23.9 Å². The molecule has 1 atom stereocenters. The molecule has 1 unspecified atom stereocenters. The Morgan fingerprint density at radius 1 is 1.03 bits per heavy atom. The number of urea groups is 1. The zero-order chi connectivity index (χ0) is 24.9. The van der Waals surface area contributed by atoms with Crippen LogP contribution in [0.15, 0.2) is 59.8 Å². The maximum absolute atomic E-state index is 13.3. The standard InChI is InChI=1S/C28H32N2O5/c1-4-34-24(31)16-23-25(27(32)35-5-2)26(29-28(33)30(23)17-19-13-14-19)21-11-8-10-20(15-21)22-12-7-6-9-18(22)3/h6-12,15,19,26H,4-5,13-14,16-17H2,1-3H3,(H,29,33). The highest BCUT2D eigenvalue weighted by Crippen LogP contribution is 2.38. The van der Waals surface area contributed by atoms with E-state index in [0.717, 1.165) is 35.1 Å². The molecule has 7 heteroatoms. The summed E-state index contributed by atoms with van der Waals surface area (Å²) in [5, 5.41) is 3.01. The molecule has 0 bridgehead atoms. The van der Waals surface area contributed by atoms with Crippen molar-refractivity contribution in [3.05, 3.63) is 70.9 Å². The normalized spacial score (nSPS) is 17.7. The van der Waals surface area contributed by atoms with Gasteiger partial charge in [0, 0.05) is 12.2 Å². The van der Waals surface area contributed by atoms with E-state index in [1.54, 1.807) is 13.8 Å². The van der Waals surface area contributed by atoms with E-state index in [0.29, 0.717) is 18.2 Å². The van der Waals surface area contributed by atoms with Crippen LogP contribution < -0.4 is 5.32 Å². The summed E-state index contributed by atoms with van der Waals surface area (Å²) in [6.45, 7) is 6.37. The number of ether oxygens (including phenoxy) is 2. The second-order valence-electron chi connectivity index (χ2n) is 8.94. The Balaban J connectivity index is 1.82. The molecule has 0 saturated heterocycles. The second kappa shape index (κ2) is 10.8. The van der Waals surface area contributed by atoms with Crippen molar-refractivity contribution in [1.29, 1.82) is 0 Å². The van der Waals surface area contributed by atoms with Crippen molar-refractivity contribution >= 4 is 18.0 Å². The summed E-state index contributed by atoms with van der Waals surface area (Å²) in [5.74, 6) is -0.659. The van der Waals surface area contributed by atoms with E-state index in [9.17, 15) is 14.4 Å². The molecular weight excluding hydrogens is 444 g/mol. The van der Waals surface area contributed by atoms with Gasteiger partial charge in [0.1, 0.15) is 0 Å². The molecular formula is C28H32N2O5. The van der Waals surface area contributed by atoms with Crippen LogP contribution in [0.25, 0.3) is 11.1 Å². The van der Waals surface area contributed by atoms with Crippen molar-refractivity contribution in [3.63, 3.8) is 0 Å². The van der Waals surface area contributed by atoms with Crippen molar-refractivity contribution in [1.82, 2.24) is 10.2 Å². The predicted octanol–water partition coefficient (Wildman–Crippen LogP) is 4.91. The Morgan fingerprint density at radius 2 is 1.77 bits per heavy atom. The van der Waals surface area contributed by atoms with Gasteiger partial charge >= 0.3 is 18.0 Å². The summed E-state index contributed by atoms with van der Waals surface area (Å²) in [6, 6.07) is 14.8. The number of nitrogens with zero attached hydrogens (tertiary/aromatic N) is 1. The Kier molecular flexibility index (Phi) is 7.54. The maximum atomic E-state index is 13.3. The zero-order valence-electron chi connectivity index (χ0n) is 20.5. The van der Waals surface area contributed by atoms with Crippen LogP contribution in [-0.4, -0.2) is 42.6 Å². The lowest BCUT2D eigenvalue weighted by molar-refractivity contribution is -0.142. The first-order valence-corrected chi connectivity index (χ1v) is 12.2. The molecule has 7 nitrogen and oxygen atoms in total. The van der Waals surface area contributed by atoms with Crippen LogP contribution >= 0.6 is 0 Å². The van der Waals surface area contributed by atoms with Crippen LogP contribution in [0.3, 0.4) is 0 Å². The van der Waals surface area contributed by atoms with Gasteiger partial charge in [-0.25, -0.2) is 9.59 Å². The van der Waals surface area contributed by atoms with Gasteiger partial charge in [0.25, 0.3) is 0 Å². The lowest BCUT2D eigenvalue weighted by Gasteiger charge is -2.36. The zero-order valence-corrected chi connectivity index (χ0v) is 20.5. The summed E-state index contributed by atoms with van der Waals surface area (Å²) >= 11 is 0. The Bertz CT molecular complexity index is 1150. The molecule has 0 radical (unpaired) electrons. The monoisotopic (exact) mass is 476 g/mol. The number of carbonyl (C=O) groups is 3. The first-order chi connectivity index (χ1) is 16.9. The fraction of sp³-hybridized carbons (Fsp3) is 0.393. The summed E-state index contributed by atoms with van der Waals surface area (Å²) in [7, 11) is 0. The Morgan fingerprint density at radius 3 is 2.46 bits per heavy atom. The first kappa shape index (κ1) is 24.5. The van der Waals surface area contributed by atoms with E-state index >= 15 is 0 Å². The summed E-state index contributed by atoms with van der Waals surface area (Å²) in [4.78, 5) is 40.7. The fourth-order valence-corrected chi connectivity index (χ4v) is 4.48. The van der Waals surface area contributed by atoms with E-state index < -0.39 is 18.0 Å². The number of amides is 2. The third-order valence-corrected chi connectivity index (χ3v) is 6.36. The predicted molar refractivity (Wildman–Crippen MR) is 132 cm³/mol. The maximum Gasteiger partial charge on any atom is 0.338 e. The van der Waals surface area contributed by atoms with Crippen LogP contribution in [-0.2, 0) is 19.1 Å². The largest absolute Gasteiger partial charge is 0.466 e. The fourth-order valence-electron chi connectivity index (χ4n) is 4.48. The van der Waals surface area contributed by atoms with Gasteiger partial charge in [-0.2, -0.15) is 0 Å². The highest BCUT2D eigenvalue weighted by Gasteiger charge is 2.41. The van der Waals surface area contributed by atoms with E-state index in [4.69, 9.17) is 9.47 Å². The van der Waals surface area contributed by atoms with Gasteiger partial charge in [0.05, 0.1) is 31.2 Å². The summed E-state index contributed by atoms with van der Waals surface area (Å²) in [6.07, 6.45) is 1.87. The third kappa shape index (κ3) is 5.56. The molecule has 2 amide bonds. The first-order valence-electron chi connectivity index (χ1n) is 12.2.